The molecule has 0 aliphatic rings. The first-order valence-corrected chi connectivity index (χ1v) is 6.44. The zero-order chi connectivity index (χ0) is 13.1. The number of aromatic nitrogens is 4. The number of nitrogens with one attached hydrogen (secondary N) is 2. The molecular weight excluding hydrogens is 262 g/mol. The predicted octanol–water partition coefficient (Wildman–Crippen LogP) is 2.18. The molecule has 3 rings (SSSR count). The molecular formula is C12H9N5OS. The number of amides is 1. The summed E-state index contributed by atoms with van der Waals surface area (Å²) in [6.07, 6.45) is 0. The fraction of sp³-hybridized carbons (Fsp3) is 0. The SMILES string of the molecule is O=C(Nc1cccc(-c2nn[nH]n2)c1)c1ccsc1. The minimum Gasteiger partial charge on any atom is -0.322 e. The van der Waals surface area contributed by atoms with Gasteiger partial charge in [0, 0.05) is 16.6 Å². The molecule has 0 bridgehead atoms. The van der Waals surface area contributed by atoms with Crippen LogP contribution in [-0.4, -0.2) is 26.5 Å². The van der Waals surface area contributed by atoms with E-state index >= 15 is 0 Å². The highest BCUT2D eigenvalue weighted by Gasteiger charge is 2.08. The maximum atomic E-state index is 11.9. The van der Waals surface area contributed by atoms with Crippen LogP contribution in [0.5, 0.6) is 0 Å². The zero-order valence-corrected chi connectivity index (χ0v) is 10.5. The molecule has 1 aromatic carbocycles. The molecule has 0 aliphatic heterocycles. The van der Waals surface area contributed by atoms with Crippen LogP contribution < -0.4 is 5.32 Å². The molecule has 0 atom stereocenters. The number of benzene rings is 1. The Hall–Kier alpha value is -2.54. The Kier molecular flexibility index (Phi) is 3.03. The molecule has 2 heterocycles. The van der Waals surface area contributed by atoms with Crippen molar-refractivity contribution < 1.29 is 4.79 Å². The van der Waals surface area contributed by atoms with Gasteiger partial charge in [-0.25, -0.2) is 0 Å². The van der Waals surface area contributed by atoms with Gasteiger partial charge in [-0.2, -0.15) is 16.6 Å². The van der Waals surface area contributed by atoms with Crippen molar-refractivity contribution in [2.24, 2.45) is 0 Å². The normalized spacial score (nSPS) is 10.3. The summed E-state index contributed by atoms with van der Waals surface area (Å²) in [7, 11) is 0. The van der Waals surface area contributed by atoms with E-state index < -0.39 is 0 Å². The number of tetrazole rings is 1. The van der Waals surface area contributed by atoms with E-state index in [0.29, 0.717) is 17.1 Å². The van der Waals surface area contributed by atoms with E-state index in [1.165, 1.54) is 11.3 Å². The lowest BCUT2D eigenvalue weighted by Crippen LogP contribution is -2.10. The fourth-order valence-electron chi connectivity index (χ4n) is 1.62. The molecule has 2 aromatic heterocycles. The van der Waals surface area contributed by atoms with Gasteiger partial charge in [-0.05, 0) is 28.8 Å². The fourth-order valence-corrected chi connectivity index (χ4v) is 2.25. The highest BCUT2D eigenvalue weighted by Crippen LogP contribution is 2.19. The molecule has 2 N–H and O–H groups in total. The summed E-state index contributed by atoms with van der Waals surface area (Å²) >= 11 is 1.49. The molecule has 0 fully saturated rings. The molecule has 19 heavy (non-hydrogen) atoms. The zero-order valence-electron chi connectivity index (χ0n) is 9.70. The maximum Gasteiger partial charge on any atom is 0.256 e. The highest BCUT2D eigenvalue weighted by atomic mass is 32.1. The van der Waals surface area contributed by atoms with Crippen molar-refractivity contribution >= 4 is 22.9 Å². The highest BCUT2D eigenvalue weighted by molar-refractivity contribution is 7.08. The van der Waals surface area contributed by atoms with Gasteiger partial charge < -0.3 is 5.32 Å². The molecule has 94 valence electrons. The lowest BCUT2D eigenvalue weighted by atomic mass is 10.2. The van der Waals surface area contributed by atoms with Crippen molar-refractivity contribution in [1.82, 2.24) is 20.6 Å². The second kappa shape index (κ2) is 4.99. The van der Waals surface area contributed by atoms with E-state index in [1.54, 1.807) is 17.5 Å². The number of aromatic amines is 1. The Balaban J connectivity index is 1.82. The first-order valence-electron chi connectivity index (χ1n) is 5.50. The summed E-state index contributed by atoms with van der Waals surface area (Å²) in [6, 6.07) is 9.08. The first-order chi connectivity index (χ1) is 9.33. The van der Waals surface area contributed by atoms with Crippen LogP contribution in [0.1, 0.15) is 10.4 Å². The Labute approximate surface area is 112 Å². The minimum absolute atomic E-state index is 0.133. The number of thiophene rings is 1. The lowest BCUT2D eigenvalue weighted by molar-refractivity contribution is 0.102. The van der Waals surface area contributed by atoms with Crippen molar-refractivity contribution in [1.29, 1.82) is 0 Å². The van der Waals surface area contributed by atoms with Crippen molar-refractivity contribution in [2.75, 3.05) is 5.32 Å². The van der Waals surface area contributed by atoms with Crippen molar-refractivity contribution in [2.45, 2.75) is 0 Å². The van der Waals surface area contributed by atoms with E-state index in [0.717, 1.165) is 5.56 Å². The predicted molar refractivity (Wildman–Crippen MR) is 71.9 cm³/mol. The number of H-pyrrole nitrogens is 1. The van der Waals surface area contributed by atoms with Gasteiger partial charge in [0.15, 0.2) is 0 Å². The van der Waals surface area contributed by atoms with Crippen LogP contribution in [0.4, 0.5) is 5.69 Å². The summed E-state index contributed by atoms with van der Waals surface area (Å²) in [6.45, 7) is 0. The van der Waals surface area contributed by atoms with Crippen LogP contribution in [0, 0.1) is 0 Å². The minimum atomic E-state index is -0.133. The summed E-state index contributed by atoms with van der Waals surface area (Å²) < 4.78 is 0. The van der Waals surface area contributed by atoms with Crippen LogP contribution in [0.25, 0.3) is 11.4 Å². The molecule has 0 unspecified atom stereocenters. The van der Waals surface area contributed by atoms with Crippen molar-refractivity contribution in [3.8, 4) is 11.4 Å². The topological polar surface area (TPSA) is 83.6 Å². The van der Waals surface area contributed by atoms with Crippen molar-refractivity contribution in [3.05, 3.63) is 46.7 Å². The van der Waals surface area contributed by atoms with Gasteiger partial charge in [0.2, 0.25) is 5.82 Å². The van der Waals surface area contributed by atoms with Crippen LogP contribution in [-0.2, 0) is 0 Å². The van der Waals surface area contributed by atoms with E-state index in [2.05, 4.69) is 25.9 Å². The van der Waals surface area contributed by atoms with Crippen LogP contribution in [0.2, 0.25) is 0 Å². The standard InChI is InChI=1S/C12H9N5OS/c18-12(9-4-5-19-7-9)13-10-3-1-2-8(6-10)11-14-16-17-15-11/h1-7H,(H,13,18)(H,14,15,16,17). The van der Waals surface area contributed by atoms with E-state index in [4.69, 9.17) is 0 Å². The molecule has 1 amide bonds. The summed E-state index contributed by atoms with van der Waals surface area (Å²) in [5.74, 6) is 0.359. The number of carbonyl (C=O) groups excluding carboxylic acids is 1. The van der Waals surface area contributed by atoms with Crippen LogP contribution >= 0.6 is 11.3 Å². The summed E-state index contributed by atoms with van der Waals surface area (Å²) in [4.78, 5) is 11.9. The Morgan fingerprint density at radius 1 is 1.32 bits per heavy atom. The average Bonchev–Trinajstić information content (AvgIpc) is 3.13. The number of hydrogen-bond acceptors (Lipinski definition) is 5. The third kappa shape index (κ3) is 2.50. The first kappa shape index (κ1) is 11.5. The molecule has 0 saturated carbocycles. The maximum absolute atomic E-state index is 11.9. The van der Waals surface area contributed by atoms with Gasteiger partial charge in [0.05, 0.1) is 5.56 Å². The Morgan fingerprint density at radius 2 is 2.26 bits per heavy atom. The molecule has 0 radical (unpaired) electrons. The summed E-state index contributed by atoms with van der Waals surface area (Å²) in [5, 5.41) is 20.2. The van der Waals surface area contributed by atoms with Gasteiger partial charge >= 0.3 is 0 Å². The molecule has 3 aromatic rings. The van der Waals surface area contributed by atoms with Crippen LogP contribution in [0.3, 0.4) is 0 Å². The molecule has 7 heteroatoms. The van der Waals surface area contributed by atoms with Gasteiger partial charge in [0.25, 0.3) is 5.91 Å². The monoisotopic (exact) mass is 271 g/mol. The van der Waals surface area contributed by atoms with E-state index in [9.17, 15) is 4.79 Å². The Morgan fingerprint density at radius 3 is 3.00 bits per heavy atom. The van der Waals surface area contributed by atoms with Crippen LogP contribution in [0.15, 0.2) is 41.1 Å². The number of hydrogen-bond donors (Lipinski definition) is 2. The summed E-state index contributed by atoms with van der Waals surface area (Å²) in [5.41, 5.74) is 2.13. The van der Waals surface area contributed by atoms with Crippen molar-refractivity contribution in [3.63, 3.8) is 0 Å². The number of carbonyl (C=O) groups is 1. The largest absolute Gasteiger partial charge is 0.322 e. The second-order valence-electron chi connectivity index (χ2n) is 3.78. The molecule has 0 saturated heterocycles. The van der Waals surface area contributed by atoms with Gasteiger partial charge in [-0.15, -0.1) is 10.2 Å². The van der Waals surface area contributed by atoms with Gasteiger partial charge in [-0.1, -0.05) is 12.1 Å². The third-order valence-corrected chi connectivity index (χ3v) is 3.19. The van der Waals surface area contributed by atoms with Gasteiger partial charge in [0.1, 0.15) is 0 Å². The molecule has 0 aliphatic carbocycles. The average molecular weight is 271 g/mol. The number of rotatable bonds is 3. The van der Waals surface area contributed by atoms with E-state index in [1.807, 2.05) is 23.6 Å². The number of nitrogens with zero attached hydrogens (tertiary/aromatic N) is 3. The lowest BCUT2D eigenvalue weighted by Gasteiger charge is -2.04. The quantitative estimate of drug-likeness (QED) is 0.764. The second-order valence-corrected chi connectivity index (χ2v) is 4.56. The third-order valence-electron chi connectivity index (χ3n) is 2.51. The Bertz CT molecular complexity index is 678. The molecule has 0 spiro atoms. The number of anilines is 1. The van der Waals surface area contributed by atoms with Gasteiger partial charge in [-0.3, -0.25) is 4.79 Å². The molecule has 6 nitrogen and oxygen atoms in total. The smallest absolute Gasteiger partial charge is 0.256 e. The van der Waals surface area contributed by atoms with E-state index in [-0.39, 0.29) is 5.91 Å².